The second-order valence-corrected chi connectivity index (χ2v) is 9.63. The number of hydrogen-bond acceptors (Lipinski definition) is 5. The summed E-state index contributed by atoms with van der Waals surface area (Å²) in [5.74, 6) is 0.0672. The Kier molecular flexibility index (Phi) is 6.65. The molecule has 0 atom stereocenters. The maximum atomic E-state index is 12.9. The van der Waals surface area contributed by atoms with Gasteiger partial charge in [-0.25, -0.2) is 0 Å². The van der Waals surface area contributed by atoms with Crippen molar-refractivity contribution in [2.75, 3.05) is 64.1 Å². The van der Waals surface area contributed by atoms with E-state index in [0.29, 0.717) is 19.5 Å². The average molecular weight is 430 g/mol. The molecule has 2 saturated heterocycles. The second kappa shape index (κ2) is 9.27. The van der Waals surface area contributed by atoms with Gasteiger partial charge in [-0.05, 0) is 38.3 Å². The van der Waals surface area contributed by atoms with Crippen molar-refractivity contribution in [1.29, 1.82) is 0 Å². The van der Waals surface area contributed by atoms with E-state index in [4.69, 9.17) is 9.47 Å². The van der Waals surface area contributed by atoms with Gasteiger partial charge in [0.15, 0.2) is 0 Å². The molecule has 1 aromatic rings. The summed E-state index contributed by atoms with van der Waals surface area (Å²) in [6.45, 7) is 10.9. The fourth-order valence-electron chi connectivity index (χ4n) is 5.04. The highest BCUT2D eigenvalue weighted by Crippen LogP contribution is 2.41. The van der Waals surface area contributed by atoms with Crippen molar-refractivity contribution in [2.24, 2.45) is 5.41 Å². The van der Waals surface area contributed by atoms with E-state index in [0.717, 1.165) is 70.2 Å². The van der Waals surface area contributed by atoms with Gasteiger partial charge in [0.2, 0.25) is 11.8 Å². The highest BCUT2D eigenvalue weighted by atomic mass is 16.5. The number of fused-ring (bicyclic) bond motifs is 1. The third kappa shape index (κ3) is 4.78. The maximum absolute atomic E-state index is 12.9. The number of ether oxygens (including phenoxy) is 2. The number of nitrogens with zero attached hydrogens (tertiary/aromatic N) is 2. The highest BCUT2D eigenvalue weighted by molar-refractivity contribution is 6.07. The van der Waals surface area contributed by atoms with E-state index in [1.54, 1.807) is 4.90 Å². The molecule has 0 aliphatic carbocycles. The first kappa shape index (κ1) is 22.2. The van der Waals surface area contributed by atoms with Crippen LogP contribution in [-0.4, -0.2) is 75.9 Å². The Labute approximate surface area is 185 Å². The van der Waals surface area contributed by atoms with Crippen LogP contribution in [0.1, 0.15) is 38.7 Å². The van der Waals surface area contributed by atoms with Gasteiger partial charge in [0.1, 0.15) is 0 Å². The fourth-order valence-corrected chi connectivity index (χ4v) is 5.04. The lowest BCUT2D eigenvalue weighted by Gasteiger charge is -2.42. The number of amides is 2. The third-order valence-electron chi connectivity index (χ3n) is 7.09. The Balaban J connectivity index is 1.33. The van der Waals surface area contributed by atoms with Gasteiger partial charge >= 0.3 is 0 Å². The van der Waals surface area contributed by atoms with E-state index in [1.165, 1.54) is 0 Å². The monoisotopic (exact) mass is 429 g/mol. The van der Waals surface area contributed by atoms with Crippen LogP contribution in [0.3, 0.4) is 0 Å². The fraction of sp³-hybridized carbons (Fsp3) is 0.667. The van der Waals surface area contributed by atoms with Crippen LogP contribution in [0, 0.1) is 5.41 Å². The molecule has 2 fully saturated rings. The molecule has 3 aliphatic rings. The Morgan fingerprint density at radius 2 is 1.74 bits per heavy atom. The van der Waals surface area contributed by atoms with Gasteiger partial charge in [0.25, 0.3) is 0 Å². The number of anilines is 1. The van der Waals surface area contributed by atoms with E-state index in [1.807, 2.05) is 38.1 Å². The second-order valence-electron chi connectivity index (χ2n) is 9.63. The van der Waals surface area contributed by atoms with Crippen LogP contribution < -0.4 is 10.2 Å². The summed E-state index contributed by atoms with van der Waals surface area (Å²) in [6, 6.07) is 7.89. The zero-order valence-electron chi connectivity index (χ0n) is 18.8. The summed E-state index contributed by atoms with van der Waals surface area (Å²) in [4.78, 5) is 29.9. The van der Waals surface area contributed by atoms with Gasteiger partial charge in [-0.1, -0.05) is 18.2 Å². The Bertz CT molecular complexity index is 798. The van der Waals surface area contributed by atoms with Crippen LogP contribution in [0.5, 0.6) is 0 Å². The number of rotatable bonds is 7. The zero-order valence-corrected chi connectivity index (χ0v) is 18.8. The standard InChI is InChI=1S/C24H35N3O4/c1-23(2)19-5-3-4-6-20(19)27(22(23)29)10-7-21(28)25-17-24(8-13-30-14-9-24)18-26-11-15-31-16-12-26/h3-6H,7-18H2,1-2H3,(H,25,28). The number of benzene rings is 1. The molecule has 0 spiro atoms. The third-order valence-corrected chi connectivity index (χ3v) is 7.09. The van der Waals surface area contributed by atoms with Crippen molar-refractivity contribution in [3.63, 3.8) is 0 Å². The number of carbonyl (C=O) groups excluding carboxylic acids is 2. The topological polar surface area (TPSA) is 71.1 Å². The lowest BCUT2D eigenvalue weighted by atomic mass is 9.79. The first-order chi connectivity index (χ1) is 14.9. The summed E-state index contributed by atoms with van der Waals surface area (Å²) in [5, 5.41) is 3.18. The Hall–Kier alpha value is -1.96. The Morgan fingerprint density at radius 1 is 1.06 bits per heavy atom. The van der Waals surface area contributed by atoms with Gasteiger partial charge in [-0.3, -0.25) is 14.5 Å². The number of nitrogens with one attached hydrogen (secondary N) is 1. The van der Waals surface area contributed by atoms with Crippen LogP contribution >= 0.6 is 0 Å². The van der Waals surface area contributed by atoms with E-state index in [2.05, 4.69) is 10.2 Å². The van der Waals surface area contributed by atoms with Crippen molar-refractivity contribution >= 4 is 17.5 Å². The van der Waals surface area contributed by atoms with Crippen molar-refractivity contribution in [1.82, 2.24) is 10.2 Å². The van der Waals surface area contributed by atoms with Crippen LogP contribution in [-0.2, 0) is 24.5 Å². The molecule has 170 valence electrons. The summed E-state index contributed by atoms with van der Waals surface area (Å²) < 4.78 is 11.1. The predicted molar refractivity (Wildman–Crippen MR) is 119 cm³/mol. The molecule has 4 rings (SSSR count). The summed E-state index contributed by atoms with van der Waals surface area (Å²) >= 11 is 0. The van der Waals surface area contributed by atoms with Crippen LogP contribution in [0.4, 0.5) is 5.69 Å². The van der Waals surface area contributed by atoms with Gasteiger partial charge in [-0.15, -0.1) is 0 Å². The van der Waals surface area contributed by atoms with E-state index in [-0.39, 0.29) is 17.2 Å². The number of morpholine rings is 1. The van der Waals surface area contributed by atoms with Gasteiger partial charge < -0.3 is 19.7 Å². The SMILES string of the molecule is CC1(C)C(=O)N(CCC(=O)NCC2(CN3CCOCC3)CCOCC2)c2ccccc21. The molecule has 0 unspecified atom stereocenters. The first-order valence-corrected chi connectivity index (χ1v) is 11.5. The minimum absolute atomic E-state index is 0.00262. The van der Waals surface area contributed by atoms with Crippen molar-refractivity contribution in [3.05, 3.63) is 29.8 Å². The quantitative estimate of drug-likeness (QED) is 0.717. The molecule has 7 nitrogen and oxygen atoms in total. The number of carbonyl (C=O) groups is 2. The van der Waals surface area contributed by atoms with Gasteiger partial charge in [-0.2, -0.15) is 0 Å². The lowest BCUT2D eigenvalue weighted by molar-refractivity contribution is -0.123. The lowest BCUT2D eigenvalue weighted by Crippen LogP contribution is -2.51. The van der Waals surface area contributed by atoms with Crippen LogP contribution in [0.15, 0.2) is 24.3 Å². The molecule has 1 aromatic carbocycles. The van der Waals surface area contributed by atoms with E-state index < -0.39 is 5.41 Å². The van der Waals surface area contributed by atoms with Crippen molar-refractivity contribution in [2.45, 2.75) is 38.5 Å². The number of hydrogen-bond donors (Lipinski definition) is 1. The number of para-hydroxylation sites is 1. The molecule has 0 saturated carbocycles. The first-order valence-electron chi connectivity index (χ1n) is 11.5. The average Bonchev–Trinajstić information content (AvgIpc) is 2.98. The van der Waals surface area contributed by atoms with Gasteiger partial charge in [0, 0.05) is 63.5 Å². The van der Waals surface area contributed by atoms with Gasteiger partial charge in [0.05, 0.1) is 18.6 Å². The molecule has 1 N–H and O–H groups in total. The van der Waals surface area contributed by atoms with Crippen molar-refractivity contribution < 1.29 is 19.1 Å². The molecule has 3 heterocycles. The minimum atomic E-state index is -0.544. The molecule has 2 amide bonds. The van der Waals surface area contributed by atoms with E-state index >= 15 is 0 Å². The molecule has 3 aliphatic heterocycles. The molecular weight excluding hydrogens is 394 g/mol. The summed E-state index contributed by atoms with van der Waals surface area (Å²) in [6.07, 6.45) is 2.22. The summed E-state index contributed by atoms with van der Waals surface area (Å²) in [7, 11) is 0. The molecule has 0 radical (unpaired) electrons. The van der Waals surface area contributed by atoms with Crippen LogP contribution in [0.25, 0.3) is 0 Å². The van der Waals surface area contributed by atoms with E-state index in [9.17, 15) is 9.59 Å². The molecular formula is C24H35N3O4. The van der Waals surface area contributed by atoms with Crippen molar-refractivity contribution in [3.8, 4) is 0 Å². The zero-order chi connectivity index (χ0) is 21.9. The highest BCUT2D eigenvalue weighted by Gasteiger charge is 2.43. The van der Waals surface area contributed by atoms with Crippen LogP contribution in [0.2, 0.25) is 0 Å². The summed E-state index contributed by atoms with van der Waals surface area (Å²) in [5.41, 5.74) is 1.46. The molecule has 0 aromatic heterocycles. The largest absolute Gasteiger partial charge is 0.381 e. The maximum Gasteiger partial charge on any atom is 0.237 e. The molecule has 31 heavy (non-hydrogen) atoms. The minimum Gasteiger partial charge on any atom is -0.381 e. The molecule has 0 bridgehead atoms. The smallest absolute Gasteiger partial charge is 0.237 e. The predicted octanol–water partition coefficient (Wildman–Crippen LogP) is 1.95. The Morgan fingerprint density at radius 3 is 2.48 bits per heavy atom. The molecule has 7 heteroatoms. The normalized spacial score (nSPS) is 22.9.